The SMILES string of the molecule is CCCN1C(=O)/C(=C/c2ccc(Cl)cc2)SC1=Nc1ccc(C)cc1. The first-order valence-electron chi connectivity index (χ1n) is 8.19. The van der Waals surface area contributed by atoms with Gasteiger partial charge in [0.05, 0.1) is 10.6 Å². The van der Waals surface area contributed by atoms with Crippen molar-refractivity contribution in [2.75, 3.05) is 6.54 Å². The molecule has 1 aliphatic rings. The Hall–Kier alpha value is -2.04. The highest BCUT2D eigenvalue weighted by Crippen LogP contribution is 2.34. The number of hydrogen-bond acceptors (Lipinski definition) is 3. The zero-order chi connectivity index (χ0) is 17.8. The molecule has 2 aromatic carbocycles. The van der Waals surface area contributed by atoms with Crippen LogP contribution in [0.4, 0.5) is 5.69 Å². The Morgan fingerprint density at radius 1 is 1.12 bits per heavy atom. The molecule has 0 aromatic heterocycles. The van der Waals surface area contributed by atoms with Crippen LogP contribution in [-0.4, -0.2) is 22.5 Å². The van der Waals surface area contributed by atoms with Gasteiger partial charge in [0.2, 0.25) is 0 Å². The zero-order valence-corrected chi connectivity index (χ0v) is 15.8. The Morgan fingerprint density at radius 3 is 2.44 bits per heavy atom. The molecule has 0 radical (unpaired) electrons. The highest BCUT2D eigenvalue weighted by atomic mass is 35.5. The maximum absolute atomic E-state index is 12.8. The molecular weight excluding hydrogens is 352 g/mol. The normalized spacial score (nSPS) is 17.7. The molecule has 0 bridgehead atoms. The Morgan fingerprint density at radius 2 is 1.80 bits per heavy atom. The summed E-state index contributed by atoms with van der Waals surface area (Å²) in [7, 11) is 0. The molecule has 0 N–H and O–H groups in total. The molecule has 1 fully saturated rings. The summed E-state index contributed by atoms with van der Waals surface area (Å²) >= 11 is 7.35. The van der Waals surface area contributed by atoms with Crippen LogP contribution in [0.2, 0.25) is 5.02 Å². The monoisotopic (exact) mass is 370 g/mol. The summed E-state index contributed by atoms with van der Waals surface area (Å²) < 4.78 is 0. The number of hydrogen-bond donors (Lipinski definition) is 0. The van der Waals surface area contributed by atoms with Gasteiger partial charge in [0, 0.05) is 11.6 Å². The fourth-order valence-electron chi connectivity index (χ4n) is 2.45. The summed E-state index contributed by atoms with van der Waals surface area (Å²) in [4.78, 5) is 19.9. The van der Waals surface area contributed by atoms with E-state index in [1.807, 2.05) is 61.5 Å². The second-order valence-corrected chi connectivity index (χ2v) is 7.29. The van der Waals surface area contributed by atoms with Crippen LogP contribution >= 0.6 is 23.4 Å². The minimum Gasteiger partial charge on any atom is -0.286 e. The first-order chi connectivity index (χ1) is 12.1. The molecule has 0 aliphatic carbocycles. The van der Waals surface area contributed by atoms with E-state index in [4.69, 9.17) is 11.6 Å². The maximum atomic E-state index is 12.8. The van der Waals surface area contributed by atoms with Gasteiger partial charge in [0.25, 0.3) is 5.91 Å². The molecule has 2 aromatic rings. The lowest BCUT2D eigenvalue weighted by molar-refractivity contribution is -0.122. The van der Waals surface area contributed by atoms with Crippen molar-refractivity contribution in [2.45, 2.75) is 20.3 Å². The topological polar surface area (TPSA) is 32.7 Å². The quantitative estimate of drug-likeness (QED) is 0.650. The molecular formula is C20H19ClN2OS. The lowest BCUT2D eigenvalue weighted by Crippen LogP contribution is -2.29. The van der Waals surface area contributed by atoms with E-state index in [-0.39, 0.29) is 5.91 Å². The molecule has 25 heavy (non-hydrogen) atoms. The third-order valence-electron chi connectivity index (χ3n) is 3.76. The molecule has 0 unspecified atom stereocenters. The lowest BCUT2D eigenvalue weighted by atomic mass is 10.2. The predicted octanol–water partition coefficient (Wildman–Crippen LogP) is 5.66. The number of benzene rings is 2. The molecule has 1 saturated heterocycles. The lowest BCUT2D eigenvalue weighted by Gasteiger charge is -2.13. The van der Waals surface area contributed by atoms with Crippen LogP contribution in [0.1, 0.15) is 24.5 Å². The van der Waals surface area contributed by atoms with Crippen molar-refractivity contribution in [3.8, 4) is 0 Å². The summed E-state index contributed by atoms with van der Waals surface area (Å²) in [6, 6.07) is 15.4. The van der Waals surface area contributed by atoms with E-state index in [2.05, 4.69) is 11.9 Å². The van der Waals surface area contributed by atoms with Crippen LogP contribution in [0.3, 0.4) is 0 Å². The number of carbonyl (C=O) groups is 1. The predicted molar refractivity (Wildman–Crippen MR) is 107 cm³/mol. The van der Waals surface area contributed by atoms with Gasteiger partial charge in [-0.15, -0.1) is 0 Å². The number of rotatable bonds is 4. The number of aryl methyl sites for hydroxylation is 1. The number of nitrogens with zero attached hydrogens (tertiary/aromatic N) is 2. The van der Waals surface area contributed by atoms with Crippen molar-refractivity contribution in [3.63, 3.8) is 0 Å². The molecule has 0 spiro atoms. The summed E-state index contributed by atoms with van der Waals surface area (Å²) in [6.45, 7) is 4.76. The number of thioether (sulfide) groups is 1. The molecule has 3 nitrogen and oxygen atoms in total. The van der Waals surface area contributed by atoms with Crippen LogP contribution in [0.15, 0.2) is 58.4 Å². The van der Waals surface area contributed by atoms with Crippen molar-refractivity contribution in [3.05, 3.63) is 69.6 Å². The standard InChI is InChI=1S/C20H19ClN2OS/c1-3-12-23-19(24)18(13-15-6-8-16(21)9-7-15)25-20(23)22-17-10-4-14(2)5-11-17/h4-11,13H,3,12H2,1-2H3/b18-13-,22-20?. The molecule has 128 valence electrons. The smallest absolute Gasteiger partial charge is 0.266 e. The van der Waals surface area contributed by atoms with E-state index < -0.39 is 0 Å². The number of halogens is 1. The average Bonchev–Trinajstić information content (AvgIpc) is 2.88. The summed E-state index contributed by atoms with van der Waals surface area (Å²) in [5, 5.41) is 1.41. The van der Waals surface area contributed by atoms with Crippen LogP contribution in [0, 0.1) is 6.92 Å². The fourth-order valence-corrected chi connectivity index (χ4v) is 3.60. The summed E-state index contributed by atoms with van der Waals surface area (Å²) in [5.74, 6) is 0.00709. The Labute approximate surface area is 157 Å². The summed E-state index contributed by atoms with van der Waals surface area (Å²) in [5.41, 5.74) is 3.00. The van der Waals surface area contributed by atoms with Gasteiger partial charge in [0.15, 0.2) is 5.17 Å². The van der Waals surface area contributed by atoms with Gasteiger partial charge in [-0.25, -0.2) is 4.99 Å². The molecule has 1 heterocycles. The van der Waals surface area contributed by atoms with E-state index in [0.717, 1.165) is 22.8 Å². The van der Waals surface area contributed by atoms with Gasteiger partial charge in [-0.2, -0.15) is 0 Å². The minimum atomic E-state index is 0.00709. The maximum Gasteiger partial charge on any atom is 0.266 e. The zero-order valence-electron chi connectivity index (χ0n) is 14.2. The van der Waals surface area contributed by atoms with Crippen LogP contribution in [-0.2, 0) is 4.79 Å². The molecule has 0 saturated carbocycles. The molecule has 3 rings (SSSR count). The number of amidine groups is 1. The Bertz CT molecular complexity index is 826. The van der Waals surface area contributed by atoms with Crippen molar-refractivity contribution in [1.82, 2.24) is 4.90 Å². The van der Waals surface area contributed by atoms with Crippen molar-refractivity contribution in [2.24, 2.45) is 4.99 Å². The number of carbonyl (C=O) groups excluding carboxylic acids is 1. The Balaban J connectivity index is 1.91. The van der Waals surface area contributed by atoms with E-state index in [1.165, 1.54) is 17.3 Å². The molecule has 0 atom stereocenters. The Kier molecular flexibility index (Phi) is 5.61. The van der Waals surface area contributed by atoms with E-state index in [0.29, 0.717) is 16.5 Å². The van der Waals surface area contributed by atoms with Gasteiger partial charge in [-0.3, -0.25) is 9.69 Å². The number of aliphatic imine (C=N–C) groups is 1. The van der Waals surface area contributed by atoms with E-state index >= 15 is 0 Å². The van der Waals surface area contributed by atoms with Gasteiger partial charge in [0.1, 0.15) is 0 Å². The van der Waals surface area contributed by atoms with Gasteiger partial charge in [-0.1, -0.05) is 48.4 Å². The summed E-state index contributed by atoms with van der Waals surface area (Å²) in [6.07, 6.45) is 2.77. The third-order valence-corrected chi connectivity index (χ3v) is 5.02. The highest BCUT2D eigenvalue weighted by Gasteiger charge is 2.32. The highest BCUT2D eigenvalue weighted by molar-refractivity contribution is 8.18. The van der Waals surface area contributed by atoms with Crippen molar-refractivity contribution in [1.29, 1.82) is 0 Å². The van der Waals surface area contributed by atoms with Crippen LogP contribution in [0.5, 0.6) is 0 Å². The second kappa shape index (κ2) is 7.89. The third kappa shape index (κ3) is 4.33. The van der Waals surface area contributed by atoms with Crippen LogP contribution < -0.4 is 0 Å². The van der Waals surface area contributed by atoms with Gasteiger partial charge in [-0.05, 0) is 61.0 Å². The van der Waals surface area contributed by atoms with Gasteiger partial charge < -0.3 is 0 Å². The molecule has 5 heteroatoms. The number of amides is 1. The van der Waals surface area contributed by atoms with Gasteiger partial charge >= 0.3 is 0 Å². The largest absolute Gasteiger partial charge is 0.286 e. The minimum absolute atomic E-state index is 0.00709. The van der Waals surface area contributed by atoms with E-state index in [1.54, 1.807) is 4.90 Å². The van der Waals surface area contributed by atoms with Crippen molar-refractivity contribution >= 4 is 46.2 Å². The van der Waals surface area contributed by atoms with Crippen molar-refractivity contribution < 1.29 is 4.79 Å². The second-order valence-electron chi connectivity index (χ2n) is 5.85. The van der Waals surface area contributed by atoms with Crippen LogP contribution in [0.25, 0.3) is 6.08 Å². The average molecular weight is 371 g/mol. The first-order valence-corrected chi connectivity index (χ1v) is 9.38. The van der Waals surface area contributed by atoms with E-state index in [9.17, 15) is 4.79 Å². The molecule has 1 aliphatic heterocycles. The fraction of sp³-hybridized carbons (Fsp3) is 0.200. The first kappa shape index (κ1) is 17.8. The molecule has 1 amide bonds.